The summed E-state index contributed by atoms with van der Waals surface area (Å²) in [5, 5.41) is 8.61. The molecule has 0 spiro atoms. The van der Waals surface area contributed by atoms with Crippen molar-refractivity contribution >= 4 is 29.0 Å². The molecule has 28 heavy (non-hydrogen) atoms. The van der Waals surface area contributed by atoms with Crippen LogP contribution in [0.2, 0.25) is 5.02 Å². The summed E-state index contributed by atoms with van der Waals surface area (Å²) < 4.78 is 0. The van der Waals surface area contributed by atoms with E-state index in [1.54, 1.807) is 6.20 Å². The lowest BCUT2D eigenvalue weighted by Gasteiger charge is -2.34. The molecule has 1 aliphatic heterocycles. The average Bonchev–Trinajstić information content (AvgIpc) is 3.57. The van der Waals surface area contributed by atoms with Gasteiger partial charge in [-0.15, -0.1) is 5.10 Å². The largest absolute Gasteiger partial charge is 0.369 e. The number of benzene rings is 1. The van der Waals surface area contributed by atoms with E-state index in [1.165, 1.54) is 18.4 Å². The van der Waals surface area contributed by atoms with Crippen LogP contribution >= 0.6 is 11.6 Å². The molecular formula is C21H26ClN5O. The Hall–Kier alpha value is -2.34. The summed E-state index contributed by atoms with van der Waals surface area (Å²) in [7, 11) is 0. The van der Waals surface area contributed by atoms with E-state index in [-0.39, 0.29) is 5.91 Å². The highest BCUT2D eigenvalue weighted by Crippen LogP contribution is 2.35. The van der Waals surface area contributed by atoms with Crippen molar-refractivity contribution in [2.45, 2.75) is 44.4 Å². The van der Waals surface area contributed by atoms with Gasteiger partial charge in [0.05, 0.1) is 11.9 Å². The molecule has 1 aliphatic carbocycles. The van der Waals surface area contributed by atoms with Gasteiger partial charge in [-0.2, -0.15) is 5.10 Å². The summed E-state index contributed by atoms with van der Waals surface area (Å²) in [4.78, 5) is 14.2. The maximum absolute atomic E-state index is 11.9. The molecule has 0 bridgehead atoms. The third-order valence-electron chi connectivity index (χ3n) is 5.67. The van der Waals surface area contributed by atoms with Gasteiger partial charge >= 0.3 is 0 Å². The lowest BCUT2D eigenvalue weighted by atomic mass is 9.89. The summed E-state index contributed by atoms with van der Waals surface area (Å²) in [6.07, 6.45) is 7.82. The van der Waals surface area contributed by atoms with Crippen molar-refractivity contribution < 1.29 is 4.79 Å². The second kappa shape index (κ2) is 8.78. The van der Waals surface area contributed by atoms with E-state index in [1.807, 2.05) is 0 Å². The van der Waals surface area contributed by atoms with Crippen molar-refractivity contribution in [3.05, 3.63) is 47.1 Å². The van der Waals surface area contributed by atoms with E-state index in [4.69, 9.17) is 11.6 Å². The number of hydrogen-bond acceptors (Lipinski definition) is 5. The maximum Gasteiger partial charge on any atom is 0.238 e. The predicted octanol–water partition coefficient (Wildman–Crippen LogP) is 4.15. The first-order valence-corrected chi connectivity index (χ1v) is 10.4. The topological polar surface area (TPSA) is 70.1 Å². The number of carbonyl (C=O) groups excluding carboxylic acids is 1. The number of nitrogens with zero attached hydrogens (tertiary/aromatic N) is 3. The molecule has 0 unspecified atom stereocenters. The molecule has 7 heteroatoms. The lowest BCUT2D eigenvalue weighted by molar-refractivity contribution is -0.120. The van der Waals surface area contributed by atoms with E-state index in [0.717, 1.165) is 44.0 Å². The predicted molar refractivity (Wildman–Crippen MR) is 111 cm³/mol. The van der Waals surface area contributed by atoms with Crippen LogP contribution in [0, 0.1) is 5.92 Å². The minimum absolute atomic E-state index is 0.0427. The Balaban J connectivity index is 1.33. The monoisotopic (exact) mass is 399 g/mol. The Morgan fingerprint density at radius 1 is 1.14 bits per heavy atom. The van der Waals surface area contributed by atoms with Crippen LogP contribution in [0.5, 0.6) is 0 Å². The molecule has 0 atom stereocenters. The lowest BCUT2D eigenvalue weighted by Crippen LogP contribution is -2.34. The molecule has 148 valence electrons. The van der Waals surface area contributed by atoms with Gasteiger partial charge in [0.15, 0.2) is 5.82 Å². The molecule has 2 aromatic rings. The first-order chi connectivity index (χ1) is 13.7. The first kappa shape index (κ1) is 19.0. The van der Waals surface area contributed by atoms with Gasteiger partial charge < -0.3 is 4.90 Å². The highest BCUT2D eigenvalue weighted by molar-refractivity contribution is 6.35. The second-order valence-electron chi connectivity index (χ2n) is 7.72. The number of piperidine rings is 1. The van der Waals surface area contributed by atoms with Crippen molar-refractivity contribution in [2.24, 2.45) is 5.92 Å². The normalized spacial score (nSPS) is 17.4. The zero-order chi connectivity index (χ0) is 19.3. The highest BCUT2D eigenvalue weighted by atomic mass is 35.5. The smallest absolute Gasteiger partial charge is 0.238 e. The number of aromatic nitrogens is 2. The Morgan fingerprint density at radius 3 is 2.61 bits per heavy atom. The minimum Gasteiger partial charge on any atom is -0.369 e. The van der Waals surface area contributed by atoms with Crippen LogP contribution < -0.4 is 15.8 Å². The number of anilines is 2. The molecule has 2 aliphatic rings. The number of nitrogens with one attached hydrogen (secondary N) is 2. The maximum atomic E-state index is 11.9. The van der Waals surface area contributed by atoms with Crippen molar-refractivity contribution in [1.29, 1.82) is 0 Å². The molecule has 2 fully saturated rings. The van der Waals surface area contributed by atoms with Gasteiger partial charge in [0.25, 0.3) is 0 Å². The minimum atomic E-state index is -0.0427. The zero-order valence-electron chi connectivity index (χ0n) is 15.9. The standard InChI is InChI=1S/C21H26ClN5O/c22-20-18(27-12-10-17(11-13-27)16-4-2-1-3-5-16)14-23-25-21(20)26-24-19(28)9-8-15-6-7-15/h1-5,14-15,17H,6-13H2,(H,24,28)(H,25,26). The van der Waals surface area contributed by atoms with Crippen LogP contribution in [0.1, 0.15) is 50.0 Å². The highest BCUT2D eigenvalue weighted by Gasteiger charge is 2.24. The Kier molecular flexibility index (Phi) is 5.95. The number of hydrazine groups is 1. The van der Waals surface area contributed by atoms with Crippen LogP contribution in [-0.2, 0) is 4.79 Å². The van der Waals surface area contributed by atoms with Gasteiger partial charge in [-0.1, -0.05) is 54.8 Å². The van der Waals surface area contributed by atoms with E-state index in [0.29, 0.717) is 23.2 Å². The van der Waals surface area contributed by atoms with Crippen molar-refractivity contribution in [1.82, 2.24) is 15.6 Å². The molecule has 1 aromatic carbocycles. The van der Waals surface area contributed by atoms with Gasteiger partial charge in [0, 0.05) is 19.5 Å². The molecule has 2 heterocycles. The number of halogens is 1. The van der Waals surface area contributed by atoms with E-state index in [9.17, 15) is 4.79 Å². The summed E-state index contributed by atoms with van der Waals surface area (Å²) in [5.74, 6) is 1.66. The van der Waals surface area contributed by atoms with E-state index >= 15 is 0 Å². The number of hydrogen-bond donors (Lipinski definition) is 2. The molecule has 4 rings (SSSR count). The van der Waals surface area contributed by atoms with Crippen LogP contribution in [0.25, 0.3) is 0 Å². The molecule has 6 nitrogen and oxygen atoms in total. The summed E-state index contributed by atoms with van der Waals surface area (Å²) in [6.45, 7) is 1.83. The molecule has 1 saturated carbocycles. The number of amides is 1. The summed E-state index contributed by atoms with van der Waals surface area (Å²) >= 11 is 6.56. The second-order valence-corrected chi connectivity index (χ2v) is 8.10. The van der Waals surface area contributed by atoms with Crippen LogP contribution in [0.4, 0.5) is 11.5 Å². The van der Waals surface area contributed by atoms with E-state index in [2.05, 4.69) is 56.3 Å². The van der Waals surface area contributed by atoms with Crippen LogP contribution in [0.15, 0.2) is 36.5 Å². The molecule has 1 amide bonds. The molecule has 0 radical (unpaired) electrons. The van der Waals surface area contributed by atoms with Crippen LogP contribution in [0.3, 0.4) is 0 Å². The van der Waals surface area contributed by atoms with Gasteiger partial charge in [-0.25, -0.2) is 0 Å². The van der Waals surface area contributed by atoms with Gasteiger partial charge in [-0.3, -0.25) is 15.6 Å². The number of carbonyl (C=O) groups is 1. The Morgan fingerprint density at radius 2 is 1.89 bits per heavy atom. The fourth-order valence-corrected chi connectivity index (χ4v) is 4.03. The van der Waals surface area contributed by atoms with Crippen molar-refractivity contribution in [3.8, 4) is 0 Å². The van der Waals surface area contributed by atoms with Gasteiger partial charge in [0.2, 0.25) is 5.91 Å². The fourth-order valence-electron chi connectivity index (χ4n) is 3.78. The third kappa shape index (κ3) is 4.73. The Labute approximate surface area is 170 Å². The number of rotatable bonds is 7. The first-order valence-electron chi connectivity index (χ1n) is 10.1. The van der Waals surface area contributed by atoms with Gasteiger partial charge in [-0.05, 0) is 36.7 Å². The fraction of sp³-hybridized carbons (Fsp3) is 0.476. The van der Waals surface area contributed by atoms with Gasteiger partial charge in [0.1, 0.15) is 5.02 Å². The van der Waals surface area contributed by atoms with E-state index < -0.39 is 0 Å². The molecule has 1 aromatic heterocycles. The van der Waals surface area contributed by atoms with Crippen LogP contribution in [-0.4, -0.2) is 29.2 Å². The Bertz CT molecular complexity index is 804. The quantitative estimate of drug-likeness (QED) is 0.684. The van der Waals surface area contributed by atoms with Crippen molar-refractivity contribution in [2.75, 3.05) is 23.4 Å². The summed E-state index contributed by atoms with van der Waals surface area (Å²) in [6, 6.07) is 10.7. The van der Waals surface area contributed by atoms with Crippen molar-refractivity contribution in [3.63, 3.8) is 0 Å². The molecular weight excluding hydrogens is 374 g/mol. The molecule has 2 N–H and O–H groups in total. The molecule has 1 saturated heterocycles. The summed E-state index contributed by atoms with van der Waals surface area (Å²) in [5.41, 5.74) is 7.79. The average molecular weight is 400 g/mol. The zero-order valence-corrected chi connectivity index (χ0v) is 16.7. The third-order valence-corrected chi connectivity index (χ3v) is 6.05. The SMILES string of the molecule is O=C(CCC1CC1)NNc1nncc(N2CCC(c3ccccc3)CC2)c1Cl.